The van der Waals surface area contributed by atoms with Crippen molar-refractivity contribution in [1.82, 2.24) is 24.6 Å². The topological polar surface area (TPSA) is 89.2 Å². The Kier molecular flexibility index (Phi) is 5.43. The highest BCUT2D eigenvalue weighted by Crippen LogP contribution is 2.16. The summed E-state index contributed by atoms with van der Waals surface area (Å²) in [6.07, 6.45) is 5.17. The Morgan fingerprint density at radius 2 is 1.96 bits per heavy atom. The summed E-state index contributed by atoms with van der Waals surface area (Å²) in [6.45, 7) is 5.24. The number of nitrogens with zero attached hydrogens (tertiary/aromatic N) is 4. The predicted octanol–water partition coefficient (Wildman–Crippen LogP) is 1.00. The zero-order valence-corrected chi connectivity index (χ0v) is 15.9. The second-order valence-corrected chi connectivity index (χ2v) is 6.98. The number of carbonyl (C=O) groups is 2. The fourth-order valence-electron chi connectivity index (χ4n) is 3.30. The van der Waals surface area contributed by atoms with Gasteiger partial charge in [-0.05, 0) is 32.8 Å². The van der Waals surface area contributed by atoms with Crippen molar-refractivity contribution >= 4 is 11.8 Å². The zero-order chi connectivity index (χ0) is 19.6. The van der Waals surface area contributed by atoms with Crippen molar-refractivity contribution in [2.75, 3.05) is 13.1 Å². The minimum atomic E-state index is -0.298. The van der Waals surface area contributed by atoms with Crippen molar-refractivity contribution in [1.29, 1.82) is 0 Å². The monoisotopic (exact) mass is 371 g/mol. The number of pyridine rings is 1. The van der Waals surface area contributed by atoms with E-state index in [4.69, 9.17) is 0 Å². The summed E-state index contributed by atoms with van der Waals surface area (Å²) in [7, 11) is 1.85. The molecule has 1 aliphatic rings. The molecule has 0 saturated carbocycles. The molecule has 2 amide bonds. The second kappa shape index (κ2) is 7.77. The Labute approximate surface area is 157 Å². The number of hydrogen-bond donors (Lipinski definition) is 1. The summed E-state index contributed by atoms with van der Waals surface area (Å²) < 4.78 is 3.05. The van der Waals surface area contributed by atoms with E-state index >= 15 is 0 Å². The molecule has 0 aromatic carbocycles. The maximum Gasteiger partial charge on any atom is 0.253 e. The molecule has 1 fully saturated rings. The molecule has 8 nitrogen and oxygen atoms in total. The summed E-state index contributed by atoms with van der Waals surface area (Å²) in [5.41, 5.74) is 1.96. The van der Waals surface area contributed by atoms with Gasteiger partial charge in [-0.2, -0.15) is 5.10 Å². The number of carbonyl (C=O) groups excluding carboxylic acids is 2. The van der Waals surface area contributed by atoms with Gasteiger partial charge >= 0.3 is 0 Å². The largest absolute Gasteiger partial charge is 0.345 e. The molecular formula is C19H25N5O3. The van der Waals surface area contributed by atoms with E-state index in [2.05, 4.69) is 10.4 Å². The Bertz CT molecular complexity index is 908. The first-order chi connectivity index (χ1) is 12.9. The fraction of sp³-hybridized carbons (Fsp3) is 0.474. The van der Waals surface area contributed by atoms with Gasteiger partial charge in [-0.15, -0.1) is 0 Å². The molecule has 0 unspecified atom stereocenters. The molecule has 3 rings (SSSR count). The number of likely N-dealkylation sites (tertiary alicyclic amines) is 1. The van der Waals surface area contributed by atoms with Crippen LogP contribution in [0.15, 0.2) is 29.3 Å². The molecule has 3 heterocycles. The van der Waals surface area contributed by atoms with Crippen LogP contribution in [0.2, 0.25) is 0 Å². The van der Waals surface area contributed by atoms with E-state index in [1.54, 1.807) is 15.8 Å². The Hall–Kier alpha value is -2.90. The third-order valence-electron chi connectivity index (χ3n) is 5.10. The van der Waals surface area contributed by atoms with Crippen LogP contribution in [-0.2, 0) is 18.4 Å². The molecule has 1 N–H and O–H groups in total. The molecule has 2 aromatic rings. The molecule has 1 aliphatic heterocycles. The third-order valence-corrected chi connectivity index (χ3v) is 5.10. The molecule has 2 aromatic heterocycles. The lowest BCUT2D eigenvalue weighted by molar-refractivity contribution is -0.130. The van der Waals surface area contributed by atoms with Crippen molar-refractivity contribution in [2.24, 2.45) is 7.05 Å². The number of rotatable bonds is 5. The van der Waals surface area contributed by atoms with Crippen LogP contribution in [0.25, 0.3) is 0 Å². The molecule has 0 radical (unpaired) electrons. The van der Waals surface area contributed by atoms with E-state index in [9.17, 15) is 14.4 Å². The summed E-state index contributed by atoms with van der Waals surface area (Å²) in [6, 6.07) is 2.58. The van der Waals surface area contributed by atoms with Gasteiger partial charge in [-0.3, -0.25) is 19.1 Å². The summed E-state index contributed by atoms with van der Waals surface area (Å²) in [4.78, 5) is 38.8. The van der Waals surface area contributed by atoms with Crippen LogP contribution >= 0.6 is 0 Å². The third kappa shape index (κ3) is 4.10. The first-order valence-corrected chi connectivity index (χ1v) is 9.14. The van der Waals surface area contributed by atoms with Gasteiger partial charge in [0.05, 0.1) is 17.8 Å². The van der Waals surface area contributed by atoms with E-state index in [1.807, 2.05) is 20.9 Å². The lowest BCUT2D eigenvalue weighted by Gasteiger charge is -2.17. The SMILES string of the molecule is Cc1c([C@H](C)NC(=O)c2ccc(=O)n(CC(=O)N3CCCC3)c2)cnn1C. The van der Waals surface area contributed by atoms with Crippen molar-refractivity contribution in [3.8, 4) is 0 Å². The standard InChI is InChI=1S/C19H25N5O3/c1-13(16-10-20-22(3)14(16)2)21-19(27)15-6-7-17(25)24(11-15)12-18(26)23-8-4-5-9-23/h6-7,10-11,13H,4-5,8-9,12H2,1-3H3,(H,21,27)/t13-/m0/s1. The van der Waals surface area contributed by atoms with Crippen LogP contribution in [0.3, 0.4) is 0 Å². The van der Waals surface area contributed by atoms with E-state index in [0.717, 1.165) is 37.2 Å². The first-order valence-electron chi connectivity index (χ1n) is 9.14. The van der Waals surface area contributed by atoms with Crippen molar-refractivity contribution in [2.45, 2.75) is 39.3 Å². The minimum Gasteiger partial charge on any atom is -0.345 e. The van der Waals surface area contributed by atoms with Crippen LogP contribution in [0.5, 0.6) is 0 Å². The lowest BCUT2D eigenvalue weighted by atomic mass is 10.1. The van der Waals surface area contributed by atoms with Gasteiger partial charge in [0.1, 0.15) is 6.54 Å². The normalized spacial score (nSPS) is 15.0. The van der Waals surface area contributed by atoms with Crippen molar-refractivity contribution in [3.05, 3.63) is 51.7 Å². The molecular weight excluding hydrogens is 346 g/mol. The second-order valence-electron chi connectivity index (χ2n) is 6.98. The summed E-state index contributed by atoms with van der Waals surface area (Å²) in [5.74, 6) is -0.389. The molecule has 0 aliphatic carbocycles. The minimum absolute atomic E-state index is 0.0444. The van der Waals surface area contributed by atoms with E-state index < -0.39 is 0 Å². The molecule has 1 atom stereocenters. The highest BCUT2D eigenvalue weighted by atomic mass is 16.2. The van der Waals surface area contributed by atoms with Gasteiger partial charge in [0.25, 0.3) is 11.5 Å². The number of aryl methyl sites for hydroxylation is 1. The number of hydrogen-bond acceptors (Lipinski definition) is 4. The van der Waals surface area contributed by atoms with Gasteiger partial charge in [-0.1, -0.05) is 0 Å². The fourth-order valence-corrected chi connectivity index (χ4v) is 3.30. The van der Waals surface area contributed by atoms with E-state index in [-0.39, 0.29) is 30.0 Å². The molecule has 144 valence electrons. The lowest BCUT2D eigenvalue weighted by Crippen LogP contribution is -2.35. The molecule has 0 spiro atoms. The van der Waals surface area contributed by atoms with Crippen molar-refractivity contribution in [3.63, 3.8) is 0 Å². The van der Waals surface area contributed by atoms with Crippen LogP contribution in [0.1, 0.15) is 47.4 Å². The summed E-state index contributed by atoms with van der Waals surface area (Å²) in [5, 5.41) is 7.11. The molecule has 0 bridgehead atoms. The maximum atomic E-state index is 12.6. The van der Waals surface area contributed by atoms with Crippen LogP contribution < -0.4 is 10.9 Å². The average Bonchev–Trinajstić information content (AvgIpc) is 3.28. The van der Waals surface area contributed by atoms with Crippen LogP contribution in [0.4, 0.5) is 0 Å². The highest BCUT2D eigenvalue weighted by molar-refractivity contribution is 5.94. The molecule has 27 heavy (non-hydrogen) atoms. The van der Waals surface area contributed by atoms with Crippen LogP contribution in [-0.4, -0.2) is 44.2 Å². The Morgan fingerprint density at radius 3 is 2.59 bits per heavy atom. The molecule has 8 heteroatoms. The first kappa shape index (κ1) is 18.9. The number of aromatic nitrogens is 3. The van der Waals surface area contributed by atoms with E-state index in [1.165, 1.54) is 22.9 Å². The average molecular weight is 371 g/mol. The zero-order valence-electron chi connectivity index (χ0n) is 15.9. The predicted molar refractivity (Wildman–Crippen MR) is 100 cm³/mol. The Balaban J connectivity index is 1.72. The van der Waals surface area contributed by atoms with Gasteiger partial charge < -0.3 is 14.8 Å². The molecule has 1 saturated heterocycles. The number of amides is 2. The van der Waals surface area contributed by atoms with E-state index in [0.29, 0.717) is 5.56 Å². The number of nitrogens with one attached hydrogen (secondary N) is 1. The Morgan fingerprint density at radius 1 is 1.26 bits per heavy atom. The van der Waals surface area contributed by atoms with Gasteiger partial charge in [-0.25, -0.2) is 0 Å². The maximum absolute atomic E-state index is 12.6. The van der Waals surface area contributed by atoms with Gasteiger partial charge in [0, 0.05) is 43.7 Å². The summed E-state index contributed by atoms with van der Waals surface area (Å²) >= 11 is 0. The van der Waals surface area contributed by atoms with Crippen LogP contribution in [0, 0.1) is 6.92 Å². The van der Waals surface area contributed by atoms with Gasteiger partial charge in [0.2, 0.25) is 5.91 Å². The highest BCUT2D eigenvalue weighted by Gasteiger charge is 2.20. The van der Waals surface area contributed by atoms with Gasteiger partial charge in [0.15, 0.2) is 0 Å². The smallest absolute Gasteiger partial charge is 0.253 e. The quantitative estimate of drug-likeness (QED) is 0.849. The van der Waals surface area contributed by atoms with Crippen molar-refractivity contribution < 1.29 is 9.59 Å².